The van der Waals surface area contributed by atoms with Crippen molar-refractivity contribution < 1.29 is 19.1 Å². The average molecular weight is 215 g/mol. The van der Waals surface area contributed by atoms with Gasteiger partial charge in [0.2, 0.25) is 0 Å². The van der Waals surface area contributed by atoms with Crippen molar-refractivity contribution in [1.29, 1.82) is 0 Å². The van der Waals surface area contributed by atoms with Crippen LogP contribution >= 0.6 is 0 Å². The molecule has 0 aromatic heterocycles. The Bertz CT molecular complexity index is 249. The van der Waals surface area contributed by atoms with Crippen LogP contribution in [0, 0.1) is 0 Å². The molecule has 0 aromatic rings. The SMILES string of the molecule is CCOC(=O)C1N(C(=O)OCC)C1(C)C. The molecule has 1 amide bonds. The smallest absolute Gasteiger partial charge is 0.411 e. The van der Waals surface area contributed by atoms with Crippen molar-refractivity contribution in [2.24, 2.45) is 0 Å². The summed E-state index contributed by atoms with van der Waals surface area (Å²) in [5.41, 5.74) is -0.488. The van der Waals surface area contributed by atoms with Gasteiger partial charge in [-0.1, -0.05) is 0 Å². The minimum Gasteiger partial charge on any atom is -0.464 e. The quantitative estimate of drug-likeness (QED) is 0.524. The fraction of sp³-hybridized carbons (Fsp3) is 0.800. The van der Waals surface area contributed by atoms with Crippen LogP contribution in [-0.4, -0.2) is 41.8 Å². The third kappa shape index (κ3) is 2.06. The van der Waals surface area contributed by atoms with Crippen molar-refractivity contribution in [3.05, 3.63) is 0 Å². The van der Waals surface area contributed by atoms with E-state index in [2.05, 4.69) is 0 Å². The van der Waals surface area contributed by atoms with Gasteiger partial charge in [-0.25, -0.2) is 9.59 Å². The van der Waals surface area contributed by atoms with Crippen LogP contribution in [0.1, 0.15) is 27.7 Å². The van der Waals surface area contributed by atoms with Gasteiger partial charge in [0.15, 0.2) is 6.04 Å². The second-order valence-corrected chi connectivity index (χ2v) is 3.88. The third-order valence-electron chi connectivity index (χ3n) is 2.45. The van der Waals surface area contributed by atoms with E-state index in [-0.39, 0.29) is 5.97 Å². The summed E-state index contributed by atoms with van der Waals surface area (Å²) in [4.78, 5) is 24.3. The van der Waals surface area contributed by atoms with Gasteiger partial charge in [0.1, 0.15) is 0 Å². The van der Waals surface area contributed by atoms with Crippen LogP contribution in [0.2, 0.25) is 0 Å². The summed E-state index contributed by atoms with van der Waals surface area (Å²) in [5, 5.41) is 0. The molecule has 1 fully saturated rings. The minimum atomic E-state index is -0.503. The first-order valence-electron chi connectivity index (χ1n) is 5.09. The van der Waals surface area contributed by atoms with Crippen LogP contribution in [0.25, 0.3) is 0 Å². The number of carbonyl (C=O) groups is 2. The van der Waals surface area contributed by atoms with E-state index in [0.29, 0.717) is 13.2 Å². The zero-order valence-corrected chi connectivity index (χ0v) is 9.57. The number of amides is 1. The van der Waals surface area contributed by atoms with Gasteiger partial charge in [0.25, 0.3) is 0 Å². The molecule has 1 saturated heterocycles. The molecule has 1 heterocycles. The highest BCUT2D eigenvalue weighted by molar-refractivity contribution is 5.89. The van der Waals surface area contributed by atoms with Gasteiger partial charge in [0, 0.05) is 0 Å². The van der Waals surface area contributed by atoms with Crippen molar-refractivity contribution in [3.8, 4) is 0 Å². The number of esters is 1. The molecule has 0 aromatic carbocycles. The number of ether oxygens (including phenoxy) is 2. The first-order chi connectivity index (χ1) is 6.96. The van der Waals surface area contributed by atoms with Crippen molar-refractivity contribution in [3.63, 3.8) is 0 Å². The Morgan fingerprint density at radius 3 is 2.20 bits per heavy atom. The molecule has 1 rings (SSSR count). The highest BCUT2D eigenvalue weighted by Crippen LogP contribution is 2.41. The van der Waals surface area contributed by atoms with Gasteiger partial charge in [-0.2, -0.15) is 0 Å². The van der Waals surface area contributed by atoms with Crippen LogP contribution in [-0.2, 0) is 14.3 Å². The van der Waals surface area contributed by atoms with Crippen molar-refractivity contribution in [1.82, 2.24) is 4.90 Å². The lowest BCUT2D eigenvalue weighted by Crippen LogP contribution is -2.21. The van der Waals surface area contributed by atoms with Crippen LogP contribution in [0.5, 0.6) is 0 Å². The number of nitrogens with zero attached hydrogens (tertiary/aromatic N) is 1. The third-order valence-corrected chi connectivity index (χ3v) is 2.45. The topological polar surface area (TPSA) is 55.6 Å². The van der Waals surface area contributed by atoms with Crippen molar-refractivity contribution in [2.45, 2.75) is 39.3 Å². The van der Waals surface area contributed by atoms with Gasteiger partial charge < -0.3 is 9.47 Å². The monoisotopic (exact) mass is 215 g/mol. The molecule has 0 aliphatic carbocycles. The van der Waals surface area contributed by atoms with Gasteiger partial charge in [0.05, 0.1) is 18.8 Å². The van der Waals surface area contributed by atoms with E-state index in [1.54, 1.807) is 13.8 Å². The maximum Gasteiger partial charge on any atom is 0.411 e. The fourth-order valence-electron chi connectivity index (χ4n) is 1.63. The Morgan fingerprint density at radius 1 is 1.20 bits per heavy atom. The molecule has 0 N–H and O–H groups in total. The summed E-state index contributed by atoms with van der Waals surface area (Å²) in [6.07, 6.45) is -0.458. The van der Waals surface area contributed by atoms with Crippen molar-refractivity contribution >= 4 is 12.1 Å². The minimum absolute atomic E-state index is 0.307. The average Bonchev–Trinajstić information content (AvgIpc) is 2.70. The van der Waals surface area contributed by atoms with Crippen LogP contribution in [0.4, 0.5) is 4.79 Å². The summed E-state index contributed by atoms with van der Waals surface area (Å²) < 4.78 is 9.71. The van der Waals surface area contributed by atoms with E-state index in [9.17, 15) is 9.59 Å². The molecule has 0 saturated carbocycles. The Labute approximate surface area is 89.3 Å². The molecule has 86 valence electrons. The summed E-state index contributed by atoms with van der Waals surface area (Å²) >= 11 is 0. The predicted octanol–water partition coefficient (Wildman–Crippen LogP) is 1.17. The Balaban J connectivity index is 2.62. The van der Waals surface area contributed by atoms with Crippen molar-refractivity contribution in [2.75, 3.05) is 13.2 Å². The normalized spacial score (nSPS) is 22.1. The van der Waals surface area contributed by atoms with E-state index in [4.69, 9.17) is 9.47 Å². The van der Waals surface area contributed by atoms with E-state index in [1.165, 1.54) is 4.90 Å². The summed E-state index contributed by atoms with van der Waals surface area (Å²) in [6.45, 7) is 7.72. The highest BCUT2D eigenvalue weighted by atomic mass is 16.6. The van der Waals surface area contributed by atoms with E-state index >= 15 is 0 Å². The molecular weight excluding hydrogens is 198 g/mol. The summed E-state index contributed by atoms with van der Waals surface area (Å²) in [5.74, 6) is -0.365. The zero-order valence-electron chi connectivity index (χ0n) is 9.57. The standard InChI is InChI=1S/C10H17NO4/c1-5-14-8(12)7-10(3,4)11(7)9(13)15-6-2/h7H,5-6H2,1-4H3. The van der Waals surface area contributed by atoms with Gasteiger partial charge in [-0.05, 0) is 27.7 Å². The van der Waals surface area contributed by atoms with Crippen LogP contribution in [0.15, 0.2) is 0 Å². The lowest BCUT2D eigenvalue weighted by Gasteiger charge is -2.05. The highest BCUT2D eigenvalue weighted by Gasteiger charge is 2.64. The first kappa shape index (κ1) is 11.8. The summed E-state index contributed by atoms with van der Waals surface area (Å²) in [7, 11) is 0. The number of hydrogen-bond acceptors (Lipinski definition) is 4. The lowest BCUT2D eigenvalue weighted by atomic mass is 10.1. The number of carbonyl (C=O) groups excluding carboxylic acids is 2. The van der Waals surface area contributed by atoms with Gasteiger partial charge in [-0.15, -0.1) is 0 Å². The van der Waals surface area contributed by atoms with E-state index < -0.39 is 17.7 Å². The van der Waals surface area contributed by atoms with E-state index in [0.717, 1.165) is 0 Å². The second-order valence-electron chi connectivity index (χ2n) is 3.88. The lowest BCUT2D eigenvalue weighted by molar-refractivity contribution is -0.143. The molecule has 1 unspecified atom stereocenters. The van der Waals surface area contributed by atoms with Gasteiger partial charge >= 0.3 is 12.1 Å². The molecular formula is C10H17NO4. The van der Waals surface area contributed by atoms with Gasteiger partial charge in [-0.3, -0.25) is 4.90 Å². The van der Waals surface area contributed by atoms with Crippen LogP contribution in [0.3, 0.4) is 0 Å². The Morgan fingerprint density at radius 2 is 1.73 bits per heavy atom. The number of rotatable bonds is 3. The van der Waals surface area contributed by atoms with E-state index in [1.807, 2.05) is 13.8 Å². The Kier molecular flexibility index (Phi) is 3.21. The molecule has 0 spiro atoms. The maximum atomic E-state index is 11.5. The predicted molar refractivity (Wildman–Crippen MR) is 53.4 cm³/mol. The molecule has 0 radical (unpaired) electrons. The fourth-order valence-corrected chi connectivity index (χ4v) is 1.63. The molecule has 5 nitrogen and oxygen atoms in total. The molecule has 1 aliphatic heterocycles. The molecule has 5 heteroatoms. The van der Waals surface area contributed by atoms with Crippen LogP contribution < -0.4 is 0 Å². The second kappa shape index (κ2) is 4.08. The first-order valence-corrected chi connectivity index (χ1v) is 5.09. The molecule has 15 heavy (non-hydrogen) atoms. The summed E-state index contributed by atoms with van der Waals surface area (Å²) in [6, 6.07) is -0.503. The molecule has 1 atom stereocenters. The largest absolute Gasteiger partial charge is 0.464 e. The maximum absolute atomic E-state index is 11.5. The molecule has 1 aliphatic rings. The molecule has 0 bridgehead atoms. The zero-order chi connectivity index (χ0) is 11.6. The number of hydrogen-bond donors (Lipinski definition) is 0. The Hall–Kier alpha value is -1.26.